The summed E-state index contributed by atoms with van der Waals surface area (Å²) in [5, 5.41) is 0.104. The number of rotatable bonds is 4. The molecule has 0 atom stereocenters. The Morgan fingerprint density at radius 3 is 2.26 bits per heavy atom. The maximum absolute atomic E-state index is 13.0. The lowest BCUT2D eigenvalue weighted by Crippen LogP contribution is -2.40. The van der Waals surface area contributed by atoms with Gasteiger partial charge in [0.25, 0.3) is 11.5 Å². The molecule has 0 aliphatic carbocycles. The normalized spacial score (nSPS) is 11.5. The van der Waals surface area contributed by atoms with E-state index in [1.807, 2.05) is 0 Å². The molecule has 2 rings (SSSR count). The van der Waals surface area contributed by atoms with Gasteiger partial charge >= 0.3 is 11.9 Å². The maximum Gasteiger partial charge on any atom is 0.431 e. The van der Waals surface area contributed by atoms with Gasteiger partial charge in [0.05, 0.1) is 16.3 Å². The molecule has 1 amide bonds. The second-order valence-corrected chi connectivity index (χ2v) is 6.09. The molecule has 6 nitrogen and oxygen atoms in total. The summed E-state index contributed by atoms with van der Waals surface area (Å²) in [6.45, 7) is 4.38. The van der Waals surface area contributed by atoms with E-state index in [2.05, 4.69) is 0 Å². The zero-order chi connectivity index (χ0) is 20.5. The van der Waals surface area contributed by atoms with Crippen LogP contribution in [0.5, 0.6) is 0 Å². The Labute approximate surface area is 157 Å². The van der Waals surface area contributed by atoms with Gasteiger partial charge in [-0.1, -0.05) is 11.6 Å². The first-order valence-electron chi connectivity index (χ1n) is 8.02. The van der Waals surface area contributed by atoms with E-state index in [0.29, 0.717) is 28.3 Å². The van der Waals surface area contributed by atoms with Crippen LogP contribution in [0.3, 0.4) is 0 Å². The molecule has 1 aromatic heterocycles. The minimum absolute atomic E-state index is 0.0470. The molecule has 0 unspecified atom stereocenters. The third-order valence-corrected chi connectivity index (χ3v) is 4.43. The third kappa shape index (κ3) is 3.92. The van der Waals surface area contributed by atoms with Crippen LogP contribution in [-0.4, -0.2) is 33.0 Å². The van der Waals surface area contributed by atoms with Gasteiger partial charge in [0.2, 0.25) is 0 Å². The van der Waals surface area contributed by atoms with Gasteiger partial charge in [-0.15, -0.1) is 0 Å². The first-order chi connectivity index (χ1) is 12.5. The monoisotopic (exact) mass is 403 g/mol. The zero-order valence-electron chi connectivity index (χ0n) is 14.8. The Bertz CT molecular complexity index is 992. The summed E-state index contributed by atoms with van der Waals surface area (Å²) >= 11 is 6.07. The van der Waals surface area contributed by atoms with Gasteiger partial charge in [-0.2, -0.15) is 13.2 Å². The van der Waals surface area contributed by atoms with Crippen LogP contribution < -0.4 is 11.2 Å². The third-order valence-electron chi connectivity index (χ3n) is 4.10. The fraction of sp³-hybridized carbons (Fsp3) is 0.353. The highest BCUT2D eigenvalue weighted by molar-refractivity contribution is 6.33. The molecule has 0 saturated heterocycles. The van der Waals surface area contributed by atoms with Gasteiger partial charge in [0, 0.05) is 26.2 Å². The molecule has 0 fully saturated rings. The number of aromatic nitrogens is 2. The van der Waals surface area contributed by atoms with E-state index in [4.69, 9.17) is 11.6 Å². The second-order valence-electron chi connectivity index (χ2n) is 5.68. The molecule has 27 heavy (non-hydrogen) atoms. The SMILES string of the molecule is CCN(CC)C(=O)c1cc(-n2c(=O)cc(C(F)(F)F)n(C)c2=O)ccc1Cl. The highest BCUT2D eigenvalue weighted by Crippen LogP contribution is 2.27. The summed E-state index contributed by atoms with van der Waals surface area (Å²) in [6.07, 6.45) is -4.85. The van der Waals surface area contributed by atoms with Crippen LogP contribution >= 0.6 is 11.6 Å². The molecule has 0 bridgehead atoms. The quantitative estimate of drug-likeness (QED) is 0.788. The fourth-order valence-corrected chi connectivity index (χ4v) is 2.83. The summed E-state index contributed by atoms with van der Waals surface area (Å²) in [7, 11) is 0.916. The molecule has 0 N–H and O–H groups in total. The lowest BCUT2D eigenvalue weighted by atomic mass is 10.1. The number of alkyl halides is 3. The predicted octanol–water partition coefficient (Wildman–Crippen LogP) is 2.69. The van der Waals surface area contributed by atoms with Gasteiger partial charge in [-0.3, -0.25) is 14.2 Å². The minimum atomic E-state index is -4.85. The first-order valence-corrected chi connectivity index (χ1v) is 8.40. The zero-order valence-corrected chi connectivity index (χ0v) is 15.6. The lowest BCUT2D eigenvalue weighted by Gasteiger charge is -2.20. The molecule has 1 aromatic carbocycles. The van der Waals surface area contributed by atoms with Crippen molar-refractivity contribution in [1.29, 1.82) is 0 Å². The molecule has 0 spiro atoms. The van der Waals surface area contributed by atoms with Crippen LogP contribution in [0.15, 0.2) is 33.9 Å². The van der Waals surface area contributed by atoms with E-state index in [1.165, 1.54) is 23.1 Å². The summed E-state index contributed by atoms with van der Waals surface area (Å²) in [5.41, 5.74) is -3.70. The van der Waals surface area contributed by atoms with Crippen molar-refractivity contribution in [2.75, 3.05) is 13.1 Å². The van der Waals surface area contributed by atoms with E-state index in [0.717, 1.165) is 7.05 Å². The first kappa shape index (κ1) is 20.8. The van der Waals surface area contributed by atoms with E-state index in [1.54, 1.807) is 13.8 Å². The van der Waals surface area contributed by atoms with Gasteiger partial charge in [-0.25, -0.2) is 9.36 Å². The molecule has 0 saturated carbocycles. The van der Waals surface area contributed by atoms with Crippen molar-refractivity contribution in [2.45, 2.75) is 20.0 Å². The van der Waals surface area contributed by atoms with Gasteiger partial charge in [-0.05, 0) is 32.0 Å². The van der Waals surface area contributed by atoms with Crippen molar-refractivity contribution in [2.24, 2.45) is 7.05 Å². The van der Waals surface area contributed by atoms with Crippen LogP contribution in [-0.2, 0) is 13.2 Å². The molecule has 10 heteroatoms. The minimum Gasteiger partial charge on any atom is -0.339 e. The topological polar surface area (TPSA) is 64.3 Å². The Morgan fingerprint density at radius 1 is 1.15 bits per heavy atom. The number of nitrogens with zero attached hydrogens (tertiary/aromatic N) is 3. The van der Waals surface area contributed by atoms with Crippen LogP contribution in [0.1, 0.15) is 29.9 Å². The van der Waals surface area contributed by atoms with Crippen LogP contribution in [0, 0.1) is 0 Å². The average Bonchev–Trinajstić information content (AvgIpc) is 2.59. The highest BCUT2D eigenvalue weighted by Gasteiger charge is 2.35. The van der Waals surface area contributed by atoms with E-state index >= 15 is 0 Å². The molecule has 146 valence electrons. The van der Waals surface area contributed by atoms with Crippen molar-refractivity contribution in [3.05, 3.63) is 61.4 Å². The number of hydrogen-bond acceptors (Lipinski definition) is 3. The van der Waals surface area contributed by atoms with Gasteiger partial charge < -0.3 is 4.90 Å². The second kappa shape index (κ2) is 7.59. The van der Waals surface area contributed by atoms with Gasteiger partial charge in [0.15, 0.2) is 0 Å². The number of carbonyl (C=O) groups is 1. The predicted molar refractivity (Wildman–Crippen MR) is 94.5 cm³/mol. The van der Waals surface area contributed by atoms with Crippen molar-refractivity contribution < 1.29 is 18.0 Å². The van der Waals surface area contributed by atoms with E-state index in [-0.39, 0.29) is 16.3 Å². The van der Waals surface area contributed by atoms with Crippen LogP contribution in [0.2, 0.25) is 5.02 Å². The molecule has 2 aromatic rings. The summed E-state index contributed by atoms with van der Waals surface area (Å²) in [6, 6.07) is 4.16. The lowest BCUT2D eigenvalue weighted by molar-refractivity contribution is -0.144. The number of hydrogen-bond donors (Lipinski definition) is 0. The number of carbonyl (C=O) groups excluding carboxylic acids is 1. The summed E-state index contributed by atoms with van der Waals surface area (Å²) in [4.78, 5) is 38.6. The fourth-order valence-electron chi connectivity index (χ4n) is 2.63. The maximum atomic E-state index is 13.0. The van der Waals surface area contributed by atoms with Crippen molar-refractivity contribution in [1.82, 2.24) is 14.0 Å². The number of halogens is 4. The molecule has 0 aliphatic rings. The average molecular weight is 404 g/mol. The van der Waals surface area contributed by atoms with E-state index in [9.17, 15) is 27.6 Å². The highest BCUT2D eigenvalue weighted by atomic mass is 35.5. The Hall–Kier alpha value is -2.55. The standard InChI is InChI=1S/C17H17ClF3N3O3/c1-4-23(5-2)15(26)11-8-10(6-7-12(11)18)24-14(25)9-13(17(19,20)21)22(3)16(24)27/h6-9H,4-5H2,1-3H3. The van der Waals surface area contributed by atoms with Gasteiger partial charge in [0.1, 0.15) is 5.69 Å². The largest absolute Gasteiger partial charge is 0.431 e. The Balaban J connectivity index is 2.69. The molecular weight excluding hydrogens is 387 g/mol. The summed E-state index contributed by atoms with van der Waals surface area (Å²) < 4.78 is 39.8. The Morgan fingerprint density at radius 2 is 1.74 bits per heavy atom. The van der Waals surface area contributed by atoms with Crippen LogP contribution in [0.4, 0.5) is 13.2 Å². The Kier molecular flexibility index (Phi) is 5.84. The number of benzene rings is 1. The van der Waals surface area contributed by atoms with Crippen molar-refractivity contribution >= 4 is 17.5 Å². The van der Waals surface area contributed by atoms with Crippen molar-refractivity contribution in [3.63, 3.8) is 0 Å². The van der Waals surface area contributed by atoms with E-state index < -0.39 is 29.0 Å². The van der Waals surface area contributed by atoms with Crippen LogP contribution in [0.25, 0.3) is 5.69 Å². The molecule has 1 heterocycles. The molecule has 0 radical (unpaired) electrons. The number of amides is 1. The molecular formula is C17H17ClF3N3O3. The smallest absolute Gasteiger partial charge is 0.339 e. The molecule has 0 aliphatic heterocycles. The summed E-state index contributed by atoms with van der Waals surface area (Å²) in [5.74, 6) is -0.413. The van der Waals surface area contributed by atoms with Crippen molar-refractivity contribution in [3.8, 4) is 5.69 Å².